The fourth-order valence-electron chi connectivity index (χ4n) is 3.34. The smallest absolute Gasteiger partial charge is 0.330 e. The summed E-state index contributed by atoms with van der Waals surface area (Å²) in [5.41, 5.74) is -0.694. The predicted molar refractivity (Wildman–Crippen MR) is 111 cm³/mol. The third kappa shape index (κ3) is 5.49. The van der Waals surface area contributed by atoms with E-state index >= 15 is 0 Å². The van der Waals surface area contributed by atoms with Crippen molar-refractivity contribution >= 4 is 15.7 Å². The van der Waals surface area contributed by atoms with Crippen LogP contribution in [0.25, 0.3) is 0 Å². The lowest BCUT2D eigenvalue weighted by molar-refractivity contribution is -0.121. The number of amides is 1. The molecule has 1 saturated heterocycles. The van der Waals surface area contributed by atoms with Gasteiger partial charge in [0.2, 0.25) is 5.91 Å². The number of hydrogen-bond donors (Lipinski definition) is 3. The van der Waals surface area contributed by atoms with Gasteiger partial charge >= 0.3 is 5.69 Å². The van der Waals surface area contributed by atoms with E-state index < -0.39 is 45.4 Å². The molecule has 0 radical (unpaired) electrons. The first-order valence-corrected chi connectivity index (χ1v) is 11.6. The summed E-state index contributed by atoms with van der Waals surface area (Å²) in [5.74, 6) is -0.834. The van der Waals surface area contributed by atoms with Crippen LogP contribution in [-0.4, -0.2) is 53.5 Å². The highest BCUT2D eigenvalue weighted by atomic mass is 32.2. The molecule has 168 valence electrons. The molecule has 0 saturated carbocycles. The highest BCUT2D eigenvalue weighted by molar-refractivity contribution is 7.91. The Kier molecular flexibility index (Phi) is 7.08. The number of sulfone groups is 1. The van der Waals surface area contributed by atoms with Gasteiger partial charge in [-0.15, -0.1) is 0 Å². The van der Waals surface area contributed by atoms with E-state index in [9.17, 15) is 27.9 Å². The molecule has 2 heterocycles. The van der Waals surface area contributed by atoms with Gasteiger partial charge in [-0.1, -0.05) is 25.1 Å². The number of aromatic amines is 1. The number of rotatable bonds is 8. The van der Waals surface area contributed by atoms with Gasteiger partial charge in [0.15, 0.2) is 9.84 Å². The summed E-state index contributed by atoms with van der Waals surface area (Å²) in [6.07, 6.45) is -0.791. The van der Waals surface area contributed by atoms with E-state index in [0.717, 1.165) is 0 Å². The van der Waals surface area contributed by atoms with Crippen LogP contribution in [-0.2, 0) is 25.8 Å². The molecular formula is C20H25N3O7S. The number of H-pyrrole nitrogens is 1. The number of benzene rings is 1. The quantitative estimate of drug-likeness (QED) is 0.500. The van der Waals surface area contributed by atoms with Crippen LogP contribution in [0, 0.1) is 0 Å². The predicted octanol–water partition coefficient (Wildman–Crippen LogP) is -0.272. The zero-order valence-electron chi connectivity index (χ0n) is 17.0. The third-order valence-electron chi connectivity index (χ3n) is 5.14. The Morgan fingerprint density at radius 2 is 2.00 bits per heavy atom. The molecule has 0 spiro atoms. The van der Waals surface area contributed by atoms with Crippen LogP contribution in [0.4, 0.5) is 0 Å². The van der Waals surface area contributed by atoms with E-state index in [0.29, 0.717) is 12.0 Å². The Balaban J connectivity index is 1.55. The summed E-state index contributed by atoms with van der Waals surface area (Å²) in [6.45, 7) is 1.74. The summed E-state index contributed by atoms with van der Waals surface area (Å²) >= 11 is 0. The van der Waals surface area contributed by atoms with Gasteiger partial charge in [-0.3, -0.25) is 19.1 Å². The second-order valence-electron chi connectivity index (χ2n) is 7.29. The first kappa shape index (κ1) is 22.9. The van der Waals surface area contributed by atoms with Gasteiger partial charge in [0.25, 0.3) is 5.56 Å². The largest absolute Gasteiger partial charge is 0.390 e. The molecule has 3 rings (SSSR count). The minimum Gasteiger partial charge on any atom is -0.390 e. The standard InChI is InChI=1S/C20H25N3O7S/c1-2-13-12-23(20(27)22-19(13)26)18-10-15(24)16(30-18)11-21-17(25)8-9-31(28,29)14-6-4-3-5-7-14/h3-7,12,15-16,18,24H,2,8-11H2,1H3,(H,21,25)(H,22,26,27)/t15-,16+,18+/m0/s1. The fraction of sp³-hybridized carbons (Fsp3) is 0.450. The Morgan fingerprint density at radius 3 is 2.68 bits per heavy atom. The van der Waals surface area contributed by atoms with Crippen LogP contribution in [0.2, 0.25) is 0 Å². The minimum absolute atomic E-state index is 0.0410. The SMILES string of the molecule is CCc1cn([C@H]2C[C@H](O)[C@@H](CNC(=O)CCS(=O)(=O)c3ccccc3)O2)c(=O)[nH]c1=O. The number of nitrogens with zero attached hydrogens (tertiary/aromatic N) is 1. The van der Waals surface area contributed by atoms with Crippen LogP contribution < -0.4 is 16.6 Å². The van der Waals surface area contributed by atoms with Crippen molar-refractivity contribution in [1.29, 1.82) is 0 Å². The molecule has 0 aliphatic carbocycles. The molecule has 3 N–H and O–H groups in total. The number of hydrogen-bond acceptors (Lipinski definition) is 7. The van der Waals surface area contributed by atoms with Crippen molar-refractivity contribution in [3.63, 3.8) is 0 Å². The molecule has 1 aliphatic heterocycles. The fourth-order valence-corrected chi connectivity index (χ4v) is 4.60. The van der Waals surface area contributed by atoms with E-state index in [-0.39, 0.29) is 30.0 Å². The minimum atomic E-state index is -3.57. The van der Waals surface area contributed by atoms with Crippen molar-refractivity contribution in [3.8, 4) is 0 Å². The lowest BCUT2D eigenvalue weighted by Crippen LogP contribution is -2.38. The summed E-state index contributed by atoms with van der Waals surface area (Å²) in [5, 5.41) is 12.8. The number of carbonyl (C=O) groups excluding carboxylic acids is 1. The van der Waals surface area contributed by atoms with Crippen molar-refractivity contribution in [3.05, 3.63) is 62.9 Å². The molecule has 3 atom stereocenters. The number of aliphatic hydroxyl groups excluding tert-OH is 1. The van der Waals surface area contributed by atoms with Gasteiger partial charge in [0.1, 0.15) is 12.3 Å². The summed E-state index contributed by atoms with van der Waals surface area (Å²) in [7, 11) is -3.57. The van der Waals surface area contributed by atoms with E-state index in [2.05, 4.69) is 10.3 Å². The van der Waals surface area contributed by atoms with Crippen LogP contribution in [0.5, 0.6) is 0 Å². The first-order chi connectivity index (χ1) is 14.7. The van der Waals surface area contributed by atoms with Crippen molar-refractivity contribution < 1.29 is 23.1 Å². The van der Waals surface area contributed by atoms with Crippen molar-refractivity contribution in [2.45, 2.75) is 49.5 Å². The first-order valence-electron chi connectivity index (χ1n) is 9.93. The lowest BCUT2D eigenvalue weighted by Gasteiger charge is -2.17. The molecule has 1 aromatic heterocycles. The number of ether oxygens (including phenoxy) is 1. The monoisotopic (exact) mass is 451 g/mol. The van der Waals surface area contributed by atoms with Crippen LogP contribution >= 0.6 is 0 Å². The molecule has 1 amide bonds. The molecule has 10 nitrogen and oxygen atoms in total. The van der Waals surface area contributed by atoms with E-state index in [4.69, 9.17) is 4.74 Å². The summed E-state index contributed by atoms with van der Waals surface area (Å²) < 4.78 is 31.4. The van der Waals surface area contributed by atoms with Crippen molar-refractivity contribution in [2.24, 2.45) is 0 Å². The highest BCUT2D eigenvalue weighted by Crippen LogP contribution is 2.27. The average molecular weight is 452 g/mol. The molecule has 1 fully saturated rings. The Hall–Kier alpha value is -2.76. The Bertz CT molecular complexity index is 1140. The molecule has 31 heavy (non-hydrogen) atoms. The molecule has 11 heteroatoms. The van der Waals surface area contributed by atoms with Crippen LogP contribution in [0.15, 0.2) is 51.0 Å². The molecule has 2 aromatic rings. The second kappa shape index (κ2) is 9.58. The van der Waals surface area contributed by atoms with Gasteiger partial charge in [0.05, 0.1) is 16.8 Å². The lowest BCUT2D eigenvalue weighted by atomic mass is 10.1. The van der Waals surface area contributed by atoms with Gasteiger partial charge in [-0.25, -0.2) is 13.2 Å². The van der Waals surface area contributed by atoms with Crippen molar-refractivity contribution in [1.82, 2.24) is 14.9 Å². The zero-order chi connectivity index (χ0) is 22.6. The molecule has 0 bridgehead atoms. The number of carbonyl (C=O) groups is 1. The normalized spacial score (nSPS) is 21.2. The topological polar surface area (TPSA) is 148 Å². The van der Waals surface area contributed by atoms with E-state index in [1.807, 2.05) is 0 Å². The van der Waals surface area contributed by atoms with Crippen LogP contribution in [0.1, 0.15) is 31.6 Å². The third-order valence-corrected chi connectivity index (χ3v) is 6.87. The van der Waals surface area contributed by atoms with Crippen LogP contribution in [0.3, 0.4) is 0 Å². The molecule has 0 unspecified atom stereocenters. The molecular weight excluding hydrogens is 426 g/mol. The number of aliphatic hydroxyl groups is 1. The van der Waals surface area contributed by atoms with Crippen molar-refractivity contribution in [2.75, 3.05) is 12.3 Å². The van der Waals surface area contributed by atoms with Gasteiger partial charge in [0, 0.05) is 31.1 Å². The van der Waals surface area contributed by atoms with Gasteiger partial charge in [-0.2, -0.15) is 0 Å². The zero-order valence-corrected chi connectivity index (χ0v) is 17.8. The second-order valence-corrected chi connectivity index (χ2v) is 9.40. The van der Waals surface area contributed by atoms with E-state index in [1.54, 1.807) is 25.1 Å². The number of aryl methyl sites for hydroxylation is 1. The maximum atomic E-state index is 12.3. The summed E-state index contributed by atoms with van der Waals surface area (Å²) in [4.78, 5) is 38.3. The maximum absolute atomic E-state index is 12.3. The van der Waals surface area contributed by atoms with E-state index in [1.165, 1.54) is 22.9 Å². The molecule has 1 aliphatic rings. The Labute approximate surface area is 178 Å². The molecule has 1 aromatic carbocycles. The summed E-state index contributed by atoms with van der Waals surface area (Å²) in [6, 6.07) is 7.87. The maximum Gasteiger partial charge on any atom is 0.330 e. The van der Waals surface area contributed by atoms with Gasteiger partial charge < -0.3 is 15.2 Å². The number of nitrogens with one attached hydrogen (secondary N) is 2. The van der Waals surface area contributed by atoms with Gasteiger partial charge in [-0.05, 0) is 18.6 Å². The highest BCUT2D eigenvalue weighted by Gasteiger charge is 2.35. The Morgan fingerprint density at radius 1 is 1.29 bits per heavy atom. The average Bonchev–Trinajstić information content (AvgIpc) is 3.12. The number of aromatic nitrogens is 2.